The standard InChI is InChI=1S/C20H24FNO2/c1-16(17-7-3-2-4-8-17)15-20(23)22-13-5-6-14-24-19-11-9-18(21)10-12-19/h2-4,7-12,16H,5-6,13-15H2,1H3,(H,22,23). The fourth-order valence-electron chi connectivity index (χ4n) is 2.43. The van der Waals surface area contributed by atoms with E-state index in [1.165, 1.54) is 17.7 Å². The number of ether oxygens (including phenoxy) is 1. The van der Waals surface area contributed by atoms with Gasteiger partial charge in [-0.05, 0) is 48.6 Å². The Kier molecular flexibility index (Phi) is 7.27. The van der Waals surface area contributed by atoms with Crippen molar-refractivity contribution in [1.82, 2.24) is 5.32 Å². The van der Waals surface area contributed by atoms with Gasteiger partial charge in [0.15, 0.2) is 0 Å². The summed E-state index contributed by atoms with van der Waals surface area (Å²) in [6, 6.07) is 16.0. The molecule has 1 amide bonds. The highest BCUT2D eigenvalue weighted by molar-refractivity contribution is 5.76. The molecule has 2 aromatic carbocycles. The van der Waals surface area contributed by atoms with E-state index in [1.807, 2.05) is 30.3 Å². The normalized spacial score (nSPS) is 11.8. The van der Waals surface area contributed by atoms with Crippen LogP contribution < -0.4 is 10.1 Å². The van der Waals surface area contributed by atoms with E-state index in [4.69, 9.17) is 4.74 Å². The van der Waals surface area contributed by atoms with E-state index in [-0.39, 0.29) is 17.6 Å². The second kappa shape index (κ2) is 9.71. The molecule has 1 atom stereocenters. The minimum atomic E-state index is -0.269. The maximum absolute atomic E-state index is 12.8. The van der Waals surface area contributed by atoms with Gasteiger partial charge in [0.1, 0.15) is 11.6 Å². The molecule has 0 saturated heterocycles. The molecule has 0 heterocycles. The van der Waals surface area contributed by atoms with Crippen molar-refractivity contribution in [2.75, 3.05) is 13.2 Å². The quantitative estimate of drug-likeness (QED) is 0.697. The van der Waals surface area contributed by atoms with E-state index in [0.29, 0.717) is 25.3 Å². The number of nitrogens with one attached hydrogen (secondary N) is 1. The Bertz CT molecular complexity index is 613. The van der Waals surface area contributed by atoms with E-state index in [2.05, 4.69) is 12.2 Å². The lowest BCUT2D eigenvalue weighted by molar-refractivity contribution is -0.121. The number of hydrogen-bond acceptors (Lipinski definition) is 2. The predicted molar refractivity (Wildman–Crippen MR) is 93.6 cm³/mol. The molecule has 2 rings (SSSR count). The molecule has 4 heteroatoms. The van der Waals surface area contributed by atoms with Gasteiger partial charge in [-0.2, -0.15) is 0 Å². The van der Waals surface area contributed by atoms with Gasteiger partial charge in [0.25, 0.3) is 0 Å². The summed E-state index contributed by atoms with van der Waals surface area (Å²) < 4.78 is 18.3. The Hall–Kier alpha value is -2.36. The molecule has 0 bridgehead atoms. The molecular formula is C20H24FNO2. The zero-order chi connectivity index (χ0) is 17.2. The van der Waals surface area contributed by atoms with Crippen LogP contribution in [0.15, 0.2) is 54.6 Å². The predicted octanol–water partition coefficient (Wildman–Crippen LogP) is 4.29. The summed E-state index contributed by atoms with van der Waals surface area (Å²) in [5.41, 5.74) is 1.18. The maximum Gasteiger partial charge on any atom is 0.220 e. The van der Waals surface area contributed by atoms with Gasteiger partial charge in [-0.1, -0.05) is 37.3 Å². The van der Waals surface area contributed by atoms with Gasteiger partial charge in [0.05, 0.1) is 6.61 Å². The molecule has 2 aromatic rings. The first kappa shape index (κ1) is 18.0. The van der Waals surface area contributed by atoms with Crippen molar-refractivity contribution in [2.45, 2.75) is 32.1 Å². The van der Waals surface area contributed by atoms with E-state index in [1.54, 1.807) is 12.1 Å². The first-order valence-corrected chi connectivity index (χ1v) is 8.35. The van der Waals surface area contributed by atoms with Crippen LogP contribution in [0, 0.1) is 5.82 Å². The lowest BCUT2D eigenvalue weighted by Crippen LogP contribution is -2.25. The van der Waals surface area contributed by atoms with Crippen molar-refractivity contribution in [2.24, 2.45) is 0 Å². The van der Waals surface area contributed by atoms with Crippen LogP contribution in [-0.4, -0.2) is 19.1 Å². The van der Waals surface area contributed by atoms with E-state index >= 15 is 0 Å². The van der Waals surface area contributed by atoms with Crippen molar-refractivity contribution in [3.63, 3.8) is 0 Å². The van der Waals surface area contributed by atoms with Crippen LogP contribution >= 0.6 is 0 Å². The van der Waals surface area contributed by atoms with Crippen molar-refractivity contribution in [3.8, 4) is 5.75 Å². The highest BCUT2D eigenvalue weighted by Crippen LogP contribution is 2.18. The summed E-state index contributed by atoms with van der Waals surface area (Å²) >= 11 is 0. The zero-order valence-electron chi connectivity index (χ0n) is 14.0. The highest BCUT2D eigenvalue weighted by atomic mass is 19.1. The van der Waals surface area contributed by atoms with Gasteiger partial charge in [-0.3, -0.25) is 4.79 Å². The van der Waals surface area contributed by atoms with Crippen LogP contribution in [0.25, 0.3) is 0 Å². The van der Waals surface area contributed by atoms with Crippen molar-refractivity contribution in [1.29, 1.82) is 0 Å². The Morgan fingerprint density at radius 1 is 1.08 bits per heavy atom. The van der Waals surface area contributed by atoms with Crippen LogP contribution in [0.5, 0.6) is 5.75 Å². The fourth-order valence-corrected chi connectivity index (χ4v) is 2.43. The van der Waals surface area contributed by atoms with Crippen LogP contribution in [0.2, 0.25) is 0 Å². The fraction of sp³-hybridized carbons (Fsp3) is 0.350. The SMILES string of the molecule is CC(CC(=O)NCCCCOc1ccc(F)cc1)c1ccccc1. The smallest absolute Gasteiger partial charge is 0.220 e. The highest BCUT2D eigenvalue weighted by Gasteiger charge is 2.10. The lowest BCUT2D eigenvalue weighted by Gasteiger charge is -2.12. The topological polar surface area (TPSA) is 38.3 Å². The van der Waals surface area contributed by atoms with E-state index in [0.717, 1.165) is 12.8 Å². The number of rotatable bonds is 9. The third-order valence-electron chi connectivity index (χ3n) is 3.84. The average molecular weight is 329 g/mol. The van der Waals surface area contributed by atoms with Crippen molar-refractivity contribution < 1.29 is 13.9 Å². The first-order valence-electron chi connectivity index (χ1n) is 8.35. The monoisotopic (exact) mass is 329 g/mol. The summed E-state index contributed by atoms with van der Waals surface area (Å²) in [5.74, 6) is 0.686. The molecule has 1 N–H and O–H groups in total. The second-order valence-electron chi connectivity index (χ2n) is 5.88. The molecule has 0 radical (unpaired) electrons. The van der Waals surface area contributed by atoms with Crippen molar-refractivity contribution >= 4 is 5.91 Å². The molecule has 3 nitrogen and oxygen atoms in total. The number of carbonyl (C=O) groups is 1. The van der Waals surface area contributed by atoms with Gasteiger partial charge in [-0.15, -0.1) is 0 Å². The molecule has 0 saturated carbocycles. The maximum atomic E-state index is 12.8. The second-order valence-corrected chi connectivity index (χ2v) is 5.88. The minimum absolute atomic E-state index is 0.0748. The van der Waals surface area contributed by atoms with Gasteiger partial charge < -0.3 is 10.1 Å². The largest absolute Gasteiger partial charge is 0.494 e. The van der Waals surface area contributed by atoms with Gasteiger partial charge in [0.2, 0.25) is 5.91 Å². The third-order valence-corrected chi connectivity index (χ3v) is 3.84. The lowest BCUT2D eigenvalue weighted by atomic mass is 9.97. The third kappa shape index (κ3) is 6.41. The van der Waals surface area contributed by atoms with Crippen molar-refractivity contribution in [3.05, 3.63) is 66.0 Å². The summed E-state index contributed by atoms with van der Waals surface area (Å²) in [7, 11) is 0. The van der Waals surface area contributed by atoms with Gasteiger partial charge >= 0.3 is 0 Å². The Morgan fingerprint density at radius 3 is 2.50 bits per heavy atom. The first-order chi connectivity index (χ1) is 11.6. The molecular weight excluding hydrogens is 305 g/mol. The summed E-state index contributed by atoms with van der Waals surface area (Å²) in [4.78, 5) is 11.9. The molecule has 24 heavy (non-hydrogen) atoms. The molecule has 0 spiro atoms. The van der Waals surface area contributed by atoms with Gasteiger partial charge in [-0.25, -0.2) is 4.39 Å². The minimum Gasteiger partial charge on any atom is -0.494 e. The van der Waals surface area contributed by atoms with E-state index < -0.39 is 0 Å². The average Bonchev–Trinajstić information content (AvgIpc) is 2.60. The zero-order valence-corrected chi connectivity index (χ0v) is 14.0. The molecule has 1 unspecified atom stereocenters. The van der Waals surface area contributed by atoms with E-state index in [9.17, 15) is 9.18 Å². The Balaban J connectivity index is 1.55. The number of hydrogen-bond donors (Lipinski definition) is 1. The van der Waals surface area contributed by atoms with Crippen LogP contribution in [-0.2, 0) is 4.79 Å². The summed E-state index contributed by atoms with van der Waals surface area (Å²) in [5, 5.41) is 2.95. The van der Waals surface area contributed by atoms with Gasteiger partial charge in [0, 0.05) is 13.0 Å². The number of amides is 1. The number of benzene rings is 2. The molecule has 0 aliphatic heterocycles. The van der Waals surface area contributed by atoms with Crippen LogP contribution in [0.1, 0.15) is 37.7 Å². The molecule has 128 valence electrons. The Morgan fingerprint density at radius 2 is 1.79 bits per heavy atom. The summed E-state index contributed by atoms with van der Waals surface area (Å²) in [6.45, 7) is 3.26. The number of unbranched alkanes of at least 4 members (excludes halogenated alkanes) is 1. The number of carbonyl (C=O) groups excluding carboxylic acids is 1. The molecule has 0 aliphatic carbocycles. The molecule has 0 fully saturated rings. The number of halogens is 1. The van der Waals surface area contributed by atoms with Crippen LogP contribution in [0.4, 0.5) is 4.39 Å². The summed E-state index contributed by atoms with van der Waals surface area (Å²) in [6.07, 6.45) is 2.19. The molecule has 0 aliphatic rings. The molecule has 0 aromatic heterocycles. The van der Waals surface area contributed by atoms with Crippen LogP contribution in [0.3, 0.4) is 0 Å². The Labute approximate surface area is 142 Å².